The van der Waals surface area contributed by atoms with Gasteiger partial charge in [-0.15, -0.1) is 0 Å². The molecule has 0 saturated heterocycles. The summed E-state index contributed by atoms with van der Waals surface area (Å²) in [5, 5.41) is 3.62. The van der Waals surface area contributed by atoms with Crippen LogP contribution in [0.25, 0.3) is 0 Å². The molecule has 1 aromatic rings. The van der Waals surface area contributed by atoms with E-state index in [9.17, 15) is 0 Å². The number of aromatic nitrogens is 1. The molecule has 0 atom stereocenters. The van der Waals surface area contributed by atoms with Crippen LogP contribution in [0.4, 0.5) is 5.69 Å². The number of pyridine rings is 1. The Morgan fingerprint density at radius 3 is 2.69 bits per heavy atom. The number of aryl methyl sites for hydroxylation is 2. The Kier molecular flexibility index (Phi) is 3.44. The van der Waals surface area contributed by atoms with Gasteiger partial charge in [0, 0.05) is 35.2 Å². The Morgan fingerprint density at radius 1 is 1.38 bits per heavy atom. The Morgan fingerprint density at radius 2 is 2.06 bits per heavy atom. The lowest BCUT2D eigenvalue weighted by atomic mass is 10.1. The van der Waals surface area contributed by atoms with E-state index in [1.165, 1.54) is 31.4 Å². The Labute approximate surface area is 97.5 Å². The van der Waals surface area contributed by atoms with Gasteiger partial charge >= 0.3 is 0 Å². The van der Waals surface area contributed by atoms with Crippen molar-refractivity contribution in [3.8, 4) is 0 Å². The molecule has 0 unspecified atom stereocenters. The Hall–Kier alpha value is -1.09. The van der Waals surface area contributed by atoms with E-state index in [1.807, 2.05) is 13.8 Å². The zero-order chi connectivity index (χ0) is 11.5. The van der Waals surface area contributed by atoms with Crippen LogP contribution in [0.5, 0.6) is 0 Å². The highest BCUT2D eigenvalue weighted by molar-refractivity contribution is 5.54. The molecule has 0 aromatic carbocycles. The average molecular weight is 219 g/mol. The molecule has 1 saturated carbocycles. The molecule has 1 heterocycles. The van der Waals surface area contributed by atoms with E-state index in [0.717, 1.165) is 17.0 Å². The zero-order valence-electron chi connectivity index (χ0n) is 10.2. The second-order valence-electron chi connectivity index (χ2n) is 4.71. The summed E-state index contributed by atoms with van der Waals surface area (Å²) in [4.78, 5) is 4.46. The minimum atomic E-state index is 0.564. The third kappa shape index (κ3) is 2.35. The quantitative estimate of drug-likeness (QED) is 0.821. The van der Waals surface area contributed by atoms with Crippen LogP contribution >= 0.6 is 0 Å². The van der Waals surface area contributed by atoms with Crippen molar-refractivity contribution in [1.82, 2.24) is 4.98 Å². The summed E-state index contributed by atoms with van der Waals surface area (Å²) in [6.07, 6.45) is 5.26. The van der Waals surface area contributed by atoms with Crippen LogP contribution in [-0.2, 0) is 6.54 Å². The number of hydrogen-bond donors (Lipinski definition) is 2. The fraction of sp³-hybridized carbons (Fsp3) is 0.615. The van der Waals surface area contributed by atoms with Crippen molar-refractivity contribution in [3.63, 3.8) is 0 Å². The molecule has 88 valence electrons. The van der Waals surface area contributed by atoms with Gasteiger partial charge in [-0.3, -0.25) is 4.98 Å². The number of anilines is 1. The number of hydrogen-bond acceptors (Lipinski definition) is 3. The third-order valence-corrected chi connectivity index (χ3v) is 3.38. The number of nitrogens with zero attached hydrogens (tertiary/aromatic N) is 1. The maximum atomic E-state index is 5.80. The van der Waals surface area contributed by atoms with Crippen molar-refractivity contribution in [2.24, 2.45) is 5.73 Å². The van der Waals surface area contributed by atoms with Gasteiger partial charge in [-0.2, -0.15) is 0 Å². The molecule has 0 bridgehead atoms. The van der Waals surface area contributed by atoms with Crippen LogP contribution in [0.1, 0.15) is 42.6 Å². The standard InChI is InChI=1S/C13H21N3/c1-9-7-13(12(8-14)10(2)15-9)16-11-5-3-4-6-11/h7,11H,3-6,8,14H2,1-2H3,(H,15,16). The van der Waals surface area contributed by atoms with Gasteiger partial charge in [-0.05, 0) is 32.8 Å². The van der Waals surface area contributed by atoms with Crippen LogP contribution in [-0.4, -0.2) is 11.0 Å². The lowest BCUT2D eigenvalue weighted by Gasteiger charge is -2.18. The monoisotopic (exact) mass is 219 g/mol. The van der Waals surface area contributed by atoms with Crippen LogP contribution in [0.3, 0.4) is 0 Å². The van der Waals surface area contributed by atoms with Gasteiger partial charge in [-0.1, -0.05) is 12.8 Å². The Balaban J connectivity index is 2.23. The van der Waals surface area contributed by atoms with Gasteiger partial charge in [0.15, 0.2) is 0 Å². The lowest BCUT2D eigenvalue weighted by molar-refractivity contribution is 0.751. The molecule has 1 aliphatic rings. The fourth-order valence-corrected chi connectivity index (χ4v) is 2.53. The second kappa shape index (κ2) is 4.83. The van der Waals surface area contributed by atoms with Crippen LogP contribution in [0.15, 0.2) is 6.07 Å². The molecule has 0 radical (unpaired) electrons. The first-order valence-corrected chi connectivity index (χ1v) is 6.14. The average Bonchev–Trinajstić information content (AvgIpc) is 2.70. The summed E-state index contributed by atoms with van der Waals surface area (Å²) in [5.41, 5.74) is 10.3. The summed E-state index contributed by atoms with van der Waals surface area (Å²) < 4.78 is 0. The maximum Gasteiger partial charge on any atom is 0.0441 e. The van der Waals surface area contributed by atoms with E-state index in [-0.39, 0.29) is 0 Å². The summed E-state index contributed by atoms with van der Waals surface area (Å²) in [5.74, 6) is 0. The van der Waals surface area contributed by atoms with Crippen LogP contribution in [0, 0.1) is 13.8 Å². The molecule has 3 N–H and O–H groups in total. The minimum absolute atomic E-state index is 0.564. The van der Waals surface area contributed by atoms with Gasteiger partial charge in [-0.25, -0.2) is 0 Å². The largest absolute Gasteiger partial charge is 0.382 e. The van der Waals surface area contributed by atoms with Gasteiger partial charge in [0.25, 0.3) is 0 Å². The van der Waals surface area contributed by atoms with E-state index in [0.29, 0.717) is 12.6 Å². The highest BCUT2D eigenvalue weighted by Gasteiger charge is 2.16. The number of nitrogens with one attached hydrogen (secondary N) is 1. The first-order valence-electron chi connectivity index (χ1n) is 6.14. The van der Waals surface area contributed by atoms with E-state index in [4.69, 9.17) is 5.73 Å². The molecule has 2 rings (SSSR count). The summed E-state index contributed by atoms with van der Waals surface area (Å²) >= 11 is 0. The van der Waals surface area contributed by atoms with Crippen molar-refractivity contribution in [2.75, 3.05) is 5.32 Å². The maximum absolute atomic E-state index is 5.80. The van der Waals surface area contributed by atoms with Crippen molar-refractivity contribution in [1.29, 1.82) is 0 Å². The first kappa shape index (κ1) is 11.4. The van der Waals surface area contributed by atoms with E-state index >= 15 is 0 Å². The normalized spacial score (nSPS) is 16.7. The predicted octanol–water partition coefficient (Wildman–Crippen LogP) is 2.51. The van der Waals surface area contributed by atoms with Crippen molar-refractivity contribution in [2.45, 2.75) is 52.1 Å². The molecule has 3 nitrogen and oxygen atoms in total. The van der Waals surface area contributed by atoms with Gasteiger partial charge in [0.2, 0.25) is 0 Å². The fourth-order valence-electron chi connectivity index (χ4n) is 2.53. The van der Waals surface area contributed by atoms with Crippen molar-refractivity contribution < 1.29 is 0 Å². The summed E-state index contributed by atoms with van der Waals surface area (Å²) in [6, 6.07) is 2.75. The molecule has 0 aliphatic heterocycles. The highest BCUT2D eigenvalue weighted by atomic mass is 14.9. The zero-order valence-corrected chi connectivity index (χ0v) is 10.2. The topological polar surface area (TPSA) is 50.9 Å². The molecule has 0 amide bonds. The van der Waals surface area contributed by atoms with Gasteiger partial charge in [0.05, 0.1) is 0 Å². The first-order chi connectivity index (χ1) is 7.70. The van der Waals surface area contributed by atoms with Crippen LogP contribution in [0.2, 0.25) is 0 Å². The van der Waals surface area contributed by atoms with E-state index in [2.05, 4.69) is 16.4 Å². The number of nitrogens with two attached hydrogens (primary N) is 1. The number of rotatable bonds is 3. The lowest BCUT2D eigenvalue weighted by Crippen LogP contribution is -2.18. The molecular formula is C13H21N3. The summed E-state index contributed by atoms with van der Waals surface area (Å²) in [6.45, 7) is 4.64. The van der Waals surface area contributed by atoms with E-state index < -0.39 is 0 Å². The molecule has 16 heavy (non-hydrogen) atoms. The van der Waals surface area contributed by atoms with Gasteiger partial charge in [0.1, 0.15) is 0 Å². The molecule has 3 heteroatoms. The van der Waals surface area contributed by atoms with Crippen molar-refractivity contribution in [3.05, 3.63) is 23.0 Å². The smallest absolute Gasteiger partial charge is 0.0441 e. The summed E-state index contributed by atoms with van der Waals surface area (Å²) in [7, 11) is 0. The Bertz CT molecular complexity index is 368. The molecule has 1 fully saturated rings. The van der Waals surface area contributed by atoms with E-state index in [1.54, 1.807) is 0 Å². The predicted molar refractivity (Wildman–Crippen MR) is 67.5 cm³/mol. The van der Waals surface area contributed by atoms with Gasteiger partial charge < -0.3 is 11.1 Å². The third-order valence-electron chi connectivity index (χ3n) is 3.38. The minimum Gasteiger partial charge on any atom is -0.382 e. The van der Waals surface area contributed by atoms with Crippen LogP contribution < -0.4 is 11.1 Å². The molecular weight excluding hydrogens is 198 g/mol. The highest BCUT2D eigenvalue weighted by Crippen LogP contribution is 2.25. The second-order valence-corrected chi connectivity index (χ2v) is 4.71. The molecule has 0 spiro atoms. The van der Waals surface area contributed by atoms with Crippen molar-refractivity contribution >= 4 is 5.69 Å². The SMILES string of the molecule is Cc1cc(NC2CCCC2)c(CN)c(C)n1. The molecule has 1 aromatic heterocycles. The molecule has 1 aliphatic carbocycles.